The van der Waals surface area contributed by atoms with E-state index in [0.717, 1.165) is 35.5 Å². The van der Waals surface area contributed by atoms with E-state index < -0.39 is 0 Å². The predicted octanol–water partition coefficient (Wildman–Crippen LogP) is 6.95. The van der Waals surface area contributed by atoms with Crippen LogP contribution in [-0.4, -0.2) is 22.1 Å². The van der Waals surface area contributed by atoms with Gasteiger partial charge < -0.3 is 19.5 Å². The number of amides is 2. The zero-order chi connectivity index (χ0) is 23.8. The van der Waals surface area contributed by atoms with E-state index in [1.165, 1.54) is 33.8 Å². The van der Waals surface area contributed by atoms with E-state index in [4.69, 9.17) is 4.74 Å². The highest BCUT2D eigenvalue weighted by atomic mass is 32.1. The lowest BCUT2D eigenvalue weighted by atomic mass is 9.95. The second-order valence-corrected chi connectivity index (χ2v) is 10.2. The summed E-state index contributed by atoms with van der Waals surface area (Å²) in [7, 11) is 0. The van der Waals surface area contributed by atoms with Gasteiger partial charge in [-0.15, -0.1) is 11.3 Å². The molecule has 2 aromatic carbocycles. The fourth-order valence-electron chi connectivity index (χ4n) is 5.37. The Labute approximate surface area is 210 Å². The van der Waals surface area contributed by atoms with E-state index in [1.54, 1.807) is 0 Å². The molecule has 0 spiro atoms. The minimum Gasteiger partial charge on any atom is -0.494 e. The summed E-state index contributed by atoms with van der Waals surface area (Å²) in [6.45, 7) is 3.17. The maximum atomic E-state index is 13.9. The summed E-state index contributed by atoms with van der Waals surface area (Å²) in [6, 6.07) is 21.9. The van der Waals surface area contributed by atoms with Crippen molar-refractivity contribution in [2.75, 3.05) is 11.9 Å². The van der Waals surface area contributed by atoms with Crippen LogP contribution in [0, 0.1) is 0 Å². The molecule has 178 valence electrons. The van der Waals surface area contributed by atoms with Crippen LogP contribution >= 0.6 is 11.3 Å². The van der Waals surface area contributed by atoms with Crippen molar-refractivity contribution in [3.63, 3.8) is 0 Å². The number of ether oxygens (including phenoxy) is 1. The summed E-state index contributed by atoms with van der Waals surface area (Å²) >= 11 is 1.91. The molecule has 0 unspecified atom stereocenters. The van der Waals surface area contributed by atoms with E-state index in [9.17, 15) is 4.79 Å². The Morgan fingerprint density at radius 1 is 1.00 bits per heavy atom. The lowest BCUT2D eigenvalue weighted by Crippen LogP contribution is -2.38. The molecule has 5 nitrogen and oxygen atoms in total. The summed E-state index contributed by atoms with van der Waals surface area (Å²) in [5.74, 6) is 0.801. The van der Waals surface area contributed by atoms with E-state index >= 15 is 0 Å². The molecular weight excluding hydrogens is 454 g/mol. The molecule has 2 aromatic heterocycles. The van der Waals surface area contributed by atoms with Gasteiger partial charge in [-0.25, -0.2) is 4.79 Å². The molecule has 2 amide bonds. The van der Waals surface area contributed by atoms with Gasteiger partial charge in [0.1, 0.15) is 10.8 Å². The first-order valence-corrected chi connectivity index (χ1v) is 13.2. The molecular formula is C29H29N3O2S. The highest BCUT2D eigenvalue weighted by Crippen LogP contribution is 2.44. The van der Waals surface area contributed by atoms with Crippen molar-refractivity contribution >= 4 is 23.1 Å². The third kappa shape index (κ3) is 4.02. The molecule has 4 aromatic rings. The van der Waals surface area contributed by atoms with Crippen molar-refractivity contribution in [1.82, 2.24) is 9.47 Å². The van der Waals surface area contributed by atoms with Gasteiger partial charge in [-0.2, -0.15) is 0 Å². The van der Waals surface area contributed by atoms with Gasteiger partial charge in [-0.1, -0.05) is 30.3 Å². The average molecular weight is 484 g/mol. The third-order valence-electron chi connectivity index (χ3n) is 6.97. The van der Waals surface area contributed by atoms with Gasteiger partial charge in [0.2, 0.25) is 0 Å². The Morgan fingerprint density at radius 3 is 2.60 bits per heavy atom. The average Bonchev–Trinajstić information content (AvgIpc) is 3.48. The van der Waals surface area contributed by atoms with Crippen molar-refractivity contribution < 1.29 is 9.53 Å². The Morgan fingerprint density at radius 2 is 1.80 bits per heavy atom. The number of carbonyl (C=O) groups excluding carboxylic acids is 1. The Bertz CT molecular complexity index is 1340. The fourth-order valence-corrected chi connectivity index (χ4v) is 6.77. The summed E-state index contributed by atoms with van der Waals surface area (Å²) in [5.41, 5.74) is 5.76. The van der Waals surface area contributed by atoms with Crippen LogP contribution in [0.15, 0.2) is 72.9 Å². The standard InChI is InChI=1S/C29H29N3O2S/c1-2-34-22-16-14-21(15-17-22)30-29(33)32-19-24-23-11-6-7-13-26(23)35-28(24)31-18-8-12-25(31)27(32)20-9-4-3-5-10-20/h3-5,8-10,12,14-18,27H,2,6-7,11,13,19H2,1H3,(H,30,33)/t27-/m0/s1. The normalized spacial score (nSPS) is 16.6. The van der Waals surface area contributed by atoms with Gasteiger partial charge in [0.05, 0.1) is 24.9 Å². The molecule has 1 aliphatic carbocycles. The SMILES string of the molecule is CCOc1ccc(NC(=O)N2Cc3c(sc4c3CCCC4)-n3cccc3[C@@H]2c2ccccc2)cc1. The van der Waals surface area contributed by atoms with Crippen LogP contribution in [0.3, 0.4) is 0 Å². The molecule has 0 fully saturated rings. The van der Waals surface area contributed by atoms with Gasteiger partial charge >= 0.3 is 6.03 Å². The molecule has 0 saturated heterocycles. The lowest BCUT2D eigenvalue weighted by Gasteiger charge is -2.31. The zero-order valence-electron chi connectivity index (χ0n) is 19.9. The van der Waals surface area contributed by atoms with Crippen LogP contribution in [0.2, 0.25) is 0 Å². The summed E-state index contributed by atoms with van der Waals surface area (Å²) in [4.78, 5) is 17.4. The van der Waals surface area contributed by atoms with Crippen molar-refractivity contribution in [2.45, 2.75) is 45.2 Å². The number of rotatable bonds is 4. The Hall–Kier alpha value is -3.51. The highest BCUT2D eigenvalue weighted by Gasteiger charge is 2.36. The highest BCUT2D eigenvalue weighted by molar-refractivity contribution is 7.15. The number of aromatic nitrogens is 1. The second kappa shape index (κ2) is 9.27. The van der Waals surface area contributed by atoms with Crippen LogP contribution in [0.25, 0.3) is 5.00 Å². The van der Waals surface area contributed by atoms with Crippen molar-refractivity contribution in [3.8, 4) is 10.8 Å². The maximum Gasteiger partial charge on any atom is 0.322 e. The quantitative estimate of drug-likeness (QED) is 0.341. The van der Waals surface area contributed by atoms with Crippen molar-refractivity contribution in [1.29, 1.82) is 0 Å². The summed E-state index contributed by atoms with van der Waals surface area (Å²) in [5, 5.41) is 4.43. The number of nitrogens with one attached hydrogen (secondary N) is 1. The smallest absolute Gasteiger partial charge is 0.322 e. The minimum absolute atomic E-state index is 0.0978. The maximum absolute atomic E-state index is 13.9. The van der Waals surface area contributed by atoms with Gasteiger partial charge in [0.25, 0.3) is 0 Å². The van der Waals surface area contributed by atoms with E-state index in [2.05, 4.69) is 40.3 Å². The Balaban J connectivity index is 1.43. The third-order valence-corrected chi connectivity index (χ3v) is 8.31. The van der Waals surface area contributed by atoms with Crippen molar-refractivity contribution in [3.05, 3.63) is 100 Å². The Kier molecular flexibility index (Phi) is 5.82. The number of aryl methyl sites for hydroxylation is 1. The second-order valence-electron chi connectivity index (χ2n) is 9.13. The number of urea groups is 1. The number of hydrogen-bond acceptors (Lipinski definition) is 3. The molecule has 1 aliphatic heterocycles. The van der Waals surface area contributed by atoms with Gasteiger partial charge in [0, 0.05) is 22.3 Å². The molecule has 2 aliphatic rings. The van der Waals surface area contributed by atoms with E-state index in [0.29, 0.717) is 13.2 Å². The van der Waals surface area contributed by atoms with Crippen LogP contribution in [0.4, 0.5) is 10.5 Å². The zero-order valence-corrected chi connectivity index (χ0v) is 20.7. The number of nitrogens with zero attached hydrogens (tertiary/aromatic N) is 2. The molecule has 6 rings (SSSR count). The largest absolute Gasteiger partial charge is 0.494 e. The molecule has 35 heavy (non-hydrogen) atoms. The molecule has 1 atom stereocenters. The fraction of sp³-hybridized carbons (Fsp3) is 0.276. The minimum atomic E-state index is -0.187. The number of carbonyl (C=O) groups is 1. The van der Waals surface area contributed by atoms with Crippen LogP contribution in [0.1, 0.15) is 53.1 Å². The molecule has 1 N–H and O–H groups in total. The topological polar surface area (TPSA) is 46.5 Å². The number of anilines is 1. The van der Waals surface area contributed by atoms with Crippen LogP contribution in [-0.2, 0) is 19.4 Å². The first-order chi connectivity index (χ1) is 17.2. The van der Waals surface area contributed by atoms with Gasteiger partial charge in [-0.05, 0) is 80.1 Å². The van der Waals surface area contributed by atoms with Crippen LogP contribution in [0.5, 0.6) is 5.75 Å². The van der Waals surface area contributed by atoms with E-state index in [-0.39, 0.29) is 12.1 Å². The molecule has 0 saturated carbocycles. The molecule has 0 radical (unpaired) electrons. The van der Waals surface area contributed by atoms with E-state index in [1.807, 2.05) is 65.6 Å². The van der Waals surface area contributed by atoms with Crippen LogP contribution < -0.4 is 10.1 Å². The van der Waals surface area contributed by atoms with Gasteiger partial charge in [0.15, 0.2) is 0 Å². The first kappa shape index (κ1) is 22.0. The number of hydrogen-bond donors (Lipinski definition) is 1. The first-order valence-electron chi connectivity index (χ1n) is 12.4. The number of thiophene rings is 1. The monoisotopic (exact) mass is 483 g/mol. The summed E-state index contributed by atoms with van der Waals surface area (Å²) in [6.07, 6.45) is 6.86. The summed E-state index contributed by atoms with van der Waals surface area (Å²) < 4.78 is 7.88. The van der Waals surface area contributed by atoms with Crippen molar-refractivity contribution in [2.24, 2.45) is 0 Å². The van der Waals surface area contributed by atoms with Gasteiger partial charge in [-0.3, -0.25) is 0 Å². The molecule has 3 heterocycles. The predicted molar refractivity (Wildman–Crippen MR) is 141 cm³/mol. The number of fused-ring (bicyclic) bond motifs is 5. The molecule has 0 bridgehead atoms. The molecule has 6 heteroatoms. The number of benzene rings is 2. The lowest BCUT2D eigenvalue weighted by molar-refractivity contribution is 0.194.